The lowest BCUT2D eigenvalue weighted by Gasteiger charge is -2.20. The van der Waals surface area contributed by atoms with Crippen molar-refractivity contribution in [3.63, 3.8) is 0 Å². The van der Waals surface area contributed by atoms with Crippen LogP contribution >= 0.6 is 11.8 Å². The number of fused-ring (bicyclic) bond motifs is 2. The quantitative estimate of drug-likeness (QED) is 0.178. The van der Waals surface area contributed by atoms with E-state index in [0.29, 0.717) is 22.8 Å². The van der Waals surface area contributed by atoms with Crippen molar-refractivity contribution in [2.75, 3.05) is 18.1 Å². The first-order valence-corrected chi connectivity index (χ1v) is 12.3. The van der Waals surface area contributed by atoms with Crippen LogP contribution < -0.4 is 16.4 Å². The molecule has 0 aliphatic carbocycles. The lowest BCUT2D eigenvalue weighted by Crippen LogP contribution is -2.38. The number of carbonyl (C=O) groups excluding carboxylic acids is 2. The molecule has 34 heavy (non-hydrogen) atoms. The molecule has 3 saturated heterocycles. The number of aliphatic hydroxyl groups excluding tert-OH is 2. The van der Waals surface area contributed by atoms with Crippen molar-refractivity contribution in [1.29, 1.82) is 0 Å². The van der Waals surface area contributed by atoms with Gasteiger partial charge in [0.2, 0.25) is 0 Å². The molecule has 3 aliphatic heterocycles. The van der Waals surface area contributed by atoms with Crippen molar-refractivity contribution >= 4 is 40.7 Å². The van der Waals surface area contributed by atoms with Gasteiger partial charge in [-0.25, -0.2) is 19.7 Å². The van der Waals surface area contributed by atoms with Crippen LogP contribution in [0.25, 0.3) is 11.2 Å². The summed E-state index contributed by atoms with van der Waals surface area (Å²) in [4.78, 5) is 36.2. The van der Waals surface area contributed by atoms with Crippen LogP contribution in [0.4, 0.5) is 10.6 Å². The third-order valence-corrected chi connectivity index (χ3v) is 7.98. The molecule has 1 unspecified atom stereocenters. The number of esters is 1. The van der Waals surface area contributed by atoms with Crippen LogP contribution in [0.5, 0.6) is 0 Å². The molecule has 3 aliphatic rings. The molecule has 5 heterocycles. The Balaban J connectivity index is 1.14. The Hall–Kier alpha value is -2.68. The van der Waals surface area contributed by atoms with Crippen LogP contribution in [0.2, 0.25) is 0 Å². The number of nitrogens with zero attached hydrogens (tertiary/aromatic N) is 4. The summed E-state index contributed by atoms with van der Waals surface area (Å²) in [6.45, 7) is -0.434. The van der Waals surface area contributed by atoms with Crippen molar-refractivity contribution in [2.45, 2.75) is 67.6 Å². The number of aromatic nitrogens is 4. The standard InChI is InChI=1S/C20H27N7O6S/c21-17-14-18(23-7-22-17)27(8-24-14)19-15(30)16(10(5-28)32-19)33-12(29)4-2-1-3-11-13-9(6-34-11)25-20(31)26-13/h7-11,13,15-16,19,28,30H,1-6H2,(H2,21,22,23)(H2,25,26,31)/t9-,10+,11-,13-,15+,16-,19?/m0/s1. The molecule has 0 aromatic carbocycles. The fraction of sp³-hybridized carbons (Fsp3) is 0.650. The van der Waals surface area contributed by atoms with Gasteiger partial charge in [-0.3, -0.25) is 9.36 Å². The number of imidazole rings is 1. The number of rotatable bonds is 8. The van der Waals surface area contributed by atoms with E-state index in [9.17, 15) is 19.8 Å². The summed E-state index contributed by atoms with van der Waals surface area (Å²) in [5.41, 5.74) is 6.54. The minimum Gasteiger partial charge on any atom is -0.457 e. The molecule has 3 fully saturated rings. The van der Waals surface area contributed by atoms with Crippen molar-refractivity contribution in [2.24, 2.45) is 0 Å². The summed E-state index contributed by atoms with van der Waals surface area (Å²) >= 11 is 1.83. The second-order valence-corrected chi connectivity index (χ2v) is 9.92. The molecule has 0 spiro atoms. The van der Waals surface area contributed by atoms with Crippen molar-refractivity contribution in [1.82, 2.24) is 30.2 Å². The van der Waals surface area contributed by atoms with Gasteiger partial charge in [0, 0.05) is 17.4 Å². The summed E-state index contributed by atoms with van der Waals surface area (Å²) in [5, 5.41) is 26.8. The highest BCUT2D eigenvalue weighted by Crippen LogP contribution is 2.35. The molecule has 2 aromatic heterocycles. The predicted octanol–water partition coefficient (Wildman–Crippen LogP) is -0.703. The van der Waals surface area contributed by atoms with Crippen LogP contribution in [0.15, 0.2) is 12.7 Å². The average molecular weight is 494 g/mol. The van der Waals surface area contributed by atoms with Crippen molar-refractivity contribution in [3.05, 3.63) is 12.7 Å². The molecule has 184 valence electrons. The van der Waals surface area contributed by atoms with Crippen LogP contribution in [0.3, 0.4) is 0 Å². The minimum absolute atomic E-state index is 0.113. The Labute approximate surface area is 198 Å². The number of nitrogen functional groups attached to an aromatic ring is 1. The Kier molecular flexibility index (Phi) is 6.46. The monoisotopic (exact) mass is 493 g/mol. The molecule has 6 N–H and O–H groups in total. The number of nitrogens with two attached hydrogens (primary N) is 1. The fourth-order valence-electron chi connectivity index (χ4n) is 4.77. The highest BCUT2D eigenvalue weighted by molar-refractivity contribution is 8.00. The molecule has 0 radical (unpaired) electrons. The maximum Gasteiger partial charge on any atom is 0.315 e. The summed E-state index contributed by atoms with van der Waals surface area (Å²) in [6, 6.07) is 0.199. The summed E-state index contributed by atoms with van der Waals surface area (Å²) < 4.78 is 12.8. The normalized spacial score (nSPS) is 32.5. The van der Waals surface area contributed by atoms with E-state index in [1.807, 2.05) is 11.8 Å². The number of hydrogen-bond acceptors (Lipinski definition) is 11. The maximum atomic E-state index is 12.5. The van der Waals surface area contributed by atoms with E-state index in [2.05, 4.69) is 25.6 Å². The smallest absolute Gasteiger partial charge is 0.315 e. The SMILES string of the molecule is Nc1ncnc2c1ncn2C1O[C@H](CO)[C@H](OC(=O)CCCC[C@@H]2SC[C@@H]3NC(=O)N[C@@H]32)[C@H]1O. The molecule has 5 rings (SSSR count). The molecular weight excluding hydrogens is 466 g/mol. The van der Waals surface area contributed by atoms with Gasteiger partial charge in [-0.2, -0.15) is 11.8 Å². The van der Waals surface area contributed by atoms with Crippen LogP contribution in [0.1, 0.15) is 31.9 Å². The molecule has 13 nitrogen and oxygen atoms in total. The van der Waals surface area contributed by atoms with Gasteiger partial charge in [0.1, 0.15) is 24.1 Å². The molecule has 7 atom stereocenters. The molecule has 0 bridgehead atoms. The fourth-order valence-corrected chi connectivity index (χ4v) is 6.31. The first kappa shape index (κ1) is 23.1. The van der Waals surface area contributed by atoms with Gasteiger partial charge in [-0.05, 0) is 12.8 Å². The van der Waals surface area contributed by atoms with Crippen LogP contribution in [0, 0.1) is 0 Å². The second-order valence-electron chi connectivity index (χ2n) is 8.64. The molecule has 14 heteroatoms. The van der Waals surface area contributed by atoms with E-state index in [1.54, 1.807) is 0 Å². The van der Waals surface area contributed by atoms with E-state index < -0.39 is 37.1 Å². The van der Waals surface area contributed by atoms with Gasteiger partial charge in [-0.15, -0.1) is 0 Å². The number of thioether (sulfide) groups is 1. The van der Waals surface area contributed by atoms with Crippen LogP contribution in [-0.2, 0) is 14.3 Å². The number of carbonyl (C=O) groups is 2. The lowest BCUT2D eigenvalue weighted by atomic mass is 10.0. The number of unbranched alkanes of at least 4 members (excludes halogenated alkanes) is 1. The van der Waals surface area contributed by atoms with E-state index in [-0.39, 0.29) is 30.4 Å². The van der Waals surface area contributed by atoms with Gasteiger partial charge >= 0.3 is 12.0 Å². The molecule has 2 aromatic rings. The number of nitrogens with one attached hydrogen (secondary N) is 2. The Morgan fingerprint density at radius 3 is 3.00 bits per heavy atom. The van der Waals surface area contributed by atoms with Gasteiger partial charge in [0.25, 0.3) is 0 Å². The third kappa shape index (κ3) is 4.26. The zero-order chi connectivity index (χ0) is 23.8. The van der Waals surface area contributed by atoms with E-state index in [4.69, 9.17) is 15.2 Å². The van der Waals surface area contributed by atoms with Gasteiger partial charge < -0.3 is 36.1 Å². The molecule has 0 saturated carbocycles. The van der Waals surface area contributed by atoms with Gasteiger partial charge in [0.15, 0.2) is 23.8 Å². The molecule has 2 amide bonds. The number of anilines is 1. The first-order chi connectivity index (χ1) is 16.5. The predicted molar refractivity (Wildman–Crippen MR) is 121 cm³/mol. The van der Waals surface area contributed by atoms with E-state index >= 15 is 0 Å². The zero-order valence-corrected chi connectivity index (χ0v) is 19.1. The van der Waals surface area contributed by atoms with E-state index in [1.165, 1.54) is 17.2 Å². The number of hydrogen-bond donors (Lipinski definition) is 5. The number of urea groups is 1. The summed E-state index contributed by atoms with van der Waals surface area (Å²) in [6.07, 6.45) is 1.05. The summed E-state index contributed by atoms with van der Waals surface area (Å²) in [5.74, 6) is 0.613. The molecular formula is C20H27N7O6S. The largest absolute Gasteiger partial charge is 0.457 e. The Bertz CT molecular complexity index is 1070. The van der Waals surface area contributed by atoms with E-state index in [0.717, 1.165) is 18.6 Å². The van der Waals surface area contributed by atoms with Crippen LogP contribution in [-0.4, -0.2) is 89.7 Å². The maximum absolute atomic E-state index is 12.5. The first-order valence-electron chi connectivity index (χ1n) is 11.2. The third-order valence-electron chi connectivity index (χ3n) is 6.48. The van der Waals surface area contributed by atoms with Crippen molar-refractivity contribution < 1.29 is 29.3 Å². The van der Waals surface area contributed by atoms with Gasteiger partial charge in [-0.1, -0.05) is 6.42 Å². The van der Waals surface area contributed by atoms with Gasteiger partial charge in [0.05, 0.1) is 25.0 Å². The number of amides is 2. The topological polar surface area (TPSA) is 187 Å². The summed E-state index contributed by atoms with van der Waals surface area (Å²) in [7, 11) is 0. The Morgan fingerprint density at radius 1 is 1.32 bits per heavy atom. The lowest BCUT2D eigenvalue weighted by molar-refractivity contribution is -0.156. The highest BCUT2D eigenvalue weighted by Gasteiger charge is 2.47. The average Bonchev–Trinajstić information content (AvgIpc) is 3.56. The second kappa shape index (κ2) is 9.52. The number of aliphatic hydroxyl groups is 2. The minimum atomic E-state index is -1.24. The number of ether oxygens (including phenoxy) is 2. The zero-order valence-electron chi connectivity index (χ0n) is 18.2. The highest BCUT2D eigenvalue weighted by atomic mass is 32.2. The Morgan fingerprint density at radius 2 is 2.18 bits per heavy atom. The van der Waals surface area contributed by atoms with Crippen molar-refractivity contribution in [3.8, 4) is 0 Å².